The summed E-state index contributed by atoms with van der Waals surface area (Å²) in [6.45, 7) is -0.959. The highest BCUT2D eigenvalue weighted by atomic mass is 32.2. The molecule has 2 aromatic heterocycles. The molecule has 2 rings (SSSR count). The summed E-state index contributed by atoms with van der Waals surface area (Å²) >= 11 is 1.19. The molecule has 2 heterocycles. The van der Waals surface area contributed by atoms with Crippen LogP contribution < -0.4 is 10.5 Å². The normalized spacial score (nSPS) is 12.6. The molecule has 0 saturated carbocycles. The first kappa shape index (κ1) is 12.2. The van der Waals surface area contributed by atoms with Crippen LogP contribution in [0.25, 0.3) is 4.96 Å². The molecule has 0 spiro atoms. The Kier molecular flexibility index (Phi) is 3.02. The van der Waals surface area contributed by atoms with Gasteiger partial charge < -0.3 is 5.73 Å². The van der Waals surface area contributed by atoms with Crippen molar-refractivity contribution in [1.82, 2.24) is 14.1 Å². The van der Waals surface area contributed by atoms with Crippen LogP contribution >= 0.6 is 11.3 Å². The molecule has 0 unspecified atom stereocenters. The summed E-state index contributed by atoms with van der Waals surface area (Å²) in [5.74, 6) is -0.210. The molecular formula is C7H8F2N4O2S2. The second-order valence-corrected chi connectivity index (χ2v) is 5.66. The molecule has 0 aliphatic carbocycles. The van der Waals surface area contributed by atoms with Gasteiger partial charge in [-0.1, -0.05) is 0 Å². The van der Waals surface area contributed by atoms with Crippen molar-refractivity contribution in [2.45, 2.75) is 11.5 Å². The summed E-state index contributed by atoms with van der Waals surface area (Å²) in [6.07, 6.45) is -1.31. The Morgan fingerprint density at radius 1 is 1.59 bits per heavy atom. The zero-order chi connectivity index (χ0) is 12.6. The summed E-state index contributed by atoms with van der Waals surface area (Å²) in [5.41, 5.74) is 5.46. The van der Waals surface area contributed by atoms with Crippen molar-refractivity contribution in [3.63, 3.8) is 0 Å². The molecule has 10 heteroatoms. The fourth-order valence-corrected chi connectivity index (χ4v) is 3.28. The number of rotatable bonds is 4. The quantitative estimate of drug-likeness (QED) is 0.855. The van der Waals surface area contributed by atoms with Crippen molar-refractivity contribution >= 4 is 32.1 Å². The number of hydrogen-bond acceptors (Lipinski definition) is 5. The number of hydrogen-bond donors (Lipinski definition) is 2. The van der Waals surface area contributed by atoms with E-state index in [0.29, 0.717) is 4.96 Å². The third-order valence-corrected chi connectivity index (χ3v) is 4.14. The van der Waals surface area contributed by atoms with Crippen molar-refractivity contribution in [1.29, 1.82) is 0 Å². The van der Waals surface area contributed by atoms with Gasteiger partial charge in [-0.2, -0.15) is 0 Å². The summed E-state index contributed by atoms with van der Waals surface area (Å²) in [4.78, 5) is 4.21. The van der Waals surface area contributed by atoms with Crippen LogP contribution in [0.1, 0.15) is 0 Å². The summed E-state index contributed by atoms with van der Waals surface area (Å²) in [7, 11) is -4.09. The fraction of sp³-hybridized carbons (Fsp3) is 0.286. The van der Waals surface area contributed by atoms with Gasteiger partial charge in [-0.3, -0.25) is 4.40 Å². The second kappa shape index (κ2) is 4.20. The number of fused-ring (bicyclic) bond motifs is 1. The Hall–Kier alpha value is -1.26. The highest BCUT2D eigenvalue weighted by Crippen LogP contribution is 2.22. The maximum atomic E-state index is 12.0. The van der Waals surface area contributed by atoms with Crippen LogP contribution in [-0.2, 0) is 10.0 Å². The van der Waals surface area contributed by atoms with Crippen LogP contribution in [0.3, 0.4) is 0 Å². The average Bonchev–Trinajstić information content (AvgIpc) is 2.73. The van der Waals surface area contributed by atoms with Crippen molar-refractivity contribution in [3.05, 3.63) is 11.6 Å². The van der Waals surface area contributed by atoms with E-state index in [1.54, 1.807) is 10.1 Å². The lowest BCUT2D eigenvalue weighted by Crippen LogP contribution is -2.30. The van der Waals surface area contributed by atoms with Crippen LogP contribution in [-0.4, -0.2) is 30.8 Å². The van der Waals surface area contributed by atoms with Gasteiger partial charge in [0.2, 0.25) is 0 Å². The average molecular weight is 282 g/mol. The predicted molar refractivity (Wildman–Crippen MR) is 58.7 cm³/mol. The van der Waals surface area contributed by atoms with E-state index in [9.17, 15) is 17.2 Å². The van der Waals surface area contributed by atoms with Crippen molar-refractivity contribution in [2.24, 2.45) is 0 Å². The van der Waals surface area contributed by atoms with E-state index < -0.39 is 23.0 Å². The number of nitrogen functional groups attached to an aromatic ring is 1. The van der Waals surface area contributed by atoms with Crippen molar-refractivity contribution < 1.29 is 17.2 Å². The van der Waals surface area contributed by atoms with E-state index in [4.69, 9.17) is 5.73 Å². The van der Waals surface area contributed by atoms with Gasteiger partial charge in [0.15, 0.2) is 15.8 Å². The Balaban J connectivity index is 2.44. The van der Waals surface area contributed by atoms with E-state index in [2.05, 4.69) is 4.98 Å². The third-order valence-electron chi connectivity index (χ3n) is 1.93. The number of imidazole rings is 1. The van der Waals surface area contributed by atoms with Gasteiger partial charge in [0, 0.05) is 11.6 Å². The number of aromatic nitrogens is 2. The zero-order valence-electron chi connectivity index (χ0n) is 8.30. The van der Waals surface area contributed by atoms with E-state index in [1.165, 1.54) is 21.9 Å². The number of nitrogens with one attached hydrogen (secondary N) is 1. The first-order chi connectivity index (χ1) is 7.92. The smallest absolute Gasteiger partial charge is 0.260 e. The molecule has 0 aliphatic heterocycles. The van der Waals surface area contributed by atoms with Crippen LogP contribution in [0.4, 0.5) is 14.6 Å². The van der Waals surface area contributed by atoms with Gasteiger partial charge in [0.25, 0.3) is 16.4 Å². The molecule has 0 amide bonds. The van der Waals surface area contributed by atoms with E-state index in [1.807, 2.05) is 0 Å². The molecule has 17 heavy (non-hydrogen) atoms. The maximum Gasteiger partial charge on any atom is 0.260 e. The van der Waals surface area contributed by atoms with Crippen LogP contribution in [0, 0.1) is 0 Å². The van der Waals surface area contributed by atoms with Crippen LogP contribution in [0.2, 0.25) is 0 Å². The van der Waals surface area contributed by atoms with Gasteiger partial charge in [-0.15, -0.1) is 11.3 Å². The number of anilines is 1. The van der Waals surface area contributed by atoms with Gasteiger partial charge in [-0.05, 0) is 0 Å². The monoisotopic (exact) mass is 282 g/mol. The third kappa shape index (κ3) is 2.23. The summed E-state index contributed by atoms with van der Waals surface area (Å²) < 4.78 is 50.5. The van der Waals surface area contributed by atoms with Gasteiger partial charge >= 0.3 is 0 Å². The largest absolute Gasteiger partial charge is 0.381 e. The molecule has 0 aliphatic rings. The van der Waals surface area contributed by atoms with E-state index >= 15 is 0 Å². The first-order valence-electron chi connectivity index (χ1n) is 4.40. The van der Waals surface area contributed by atoms with E-state index in [-0.39, 0.29) is 10.8 Å². The molecule has 0 radical (unpaired) electrons. The molecule has 3 N–H and O–H groups in total. The first-order valence-corrected chi connectivity index (χ1v) is 6.77. The second-order valence-electron chi connectivity index (χ2n) is 3.10. The van der Waals surface area contributed by atoms with Gasteiger partial charge in [0.05, 0.1) is 6.54 Å². The lowest BCUT2D eigenvalue weighted by molar-refractivity contribution is 0.153. The van der Waals surface area contributed by atoms with Crippen LogP contribution in [0.15, 0.2) is 16.6 Å². The molecule has 0 bridgehead atoms. The number of sulfonamides is 1. The topological polar surface area (TPSA) is 89.5 Å². The predicted octanol–water partition coefficient (Wildman–Crippen LogP) is 0.521. The maximum absolute atomic E-state index is 12.0. The molecular weight excluding hydrogens is 274 g/mol. The van der Waals surface area contributed by atoms with E-state index in [0.717, 1.165) is 0 Å². The molecule has 0 fully saturated rings. The molecule has 0 saturated heterocycles. The highest BCUT2D eigenvalue weighted by Gasteiger charge is 2.25. The summed E-state index contributed by atoms with van der Waals surface area (Å²) in [5, 5.41) is 1.31. The minimum absolute atomic E-state index is 0.210. The lowest BCUT2D eigenvalue weighted by Gasteiger charge is -2.05. The molecule has 6 nitrogen and oxygen atoms in total. The fourth-order valence-electron chi connectivity index (χ4n) is 1.29. The number of nitrogens with two attached hydrogens (primary N) is 1. The Morgan fingerprint density at radius 3 is 2.94 bits per heavy atom. The van der Waals surface area contributed by atoms with Crippen molar-refractivity contribution in [3.8, 4) is 0 Å². The minimum atomic E-state index is -4.09. The number of thiazole rings is 1. The Morgan fingerprint density at radius 2 is 2.29 bits per heavy atom. The number of alkyl halides is 2. The summed E-state index contributed by atoms with van der Waals surface area (Å²) in [6, 6.07) is 0. The van der Waals surface area contributed by atoms with Crippen molar-refractivity contribution in [2.75, 3.05) is 12.3 Å². The Labute approximate surface area is 99.1 Å². The zero-order valence-corrected chi connectivity index (χ0v) is 9.93. The standard InChI is InChI=1S/C7H8F2N4O2S2/c8-4(9)3-11-17(14,15)6-5(10)12-7-13(6)1-2-16-7/h1-2,4,11H,3,10H2. The van der Waals surface area contributed by atoms with Gasteiger partial charge in [-0.25, -0.2) is 26.9 Å². The minimum Gasteiger partial charge on any atom is -0.381 e. The molecule has 0 aromatic carbocycles. The number of nitrogens with zero attached hydrogens (tertiary/aromatic N) is 2. The lowest BCUT2D eigenvalue weighted by atomic mass is 10.7. The molecule has 2 aromatic rings. The molecule has 94 valence electrons. The Bertz CT molecular complexity index is 633. The van der Waals surface area contributed by atoms with Gasteiger partial charge in [0.1, 0.15) is 0 Å². The highest BCUT2D eigenvalue weighted by molar-refractivity contribution is 7.89. The SMILES string of the molecule is Nc1nc2sccn2c1S(=O)(=O)NCC(F)F. The van der Waals surface area contributed by atoms with Crippen LogP contribution in [0.5, 0.6) is 0 Å². The molecule has 0 atom stereocenters. The number of halogens is 2.